The number of thioether (sulfide) groups is 1. The molecule has 9 heteroatoms. The van der Waals surface area contributed by atoms with Crippen molar-refractivity contribution < 1.29 is 9.59 Å². The average Bonchev–Trinajstić information content (AvgIpc) is 3.11. The number of amides is 1. The van der Waals surface area contributed by atoms with Crippen LogP contribution in [0, 0.1) is 0 Å². The van der Waals surface area contributed by atoms with Gasteiger partial charge in [0.05, 0.1) is 11.6 Å². The molecular formula is C21H24N6O2S. The van der Waals surface area contributed by atoms with E-state index < -0.39 is 0 Å². The number of nitrogens with one attached hydrogen (secondary N) is 1. The molecule has 8 nitrogen and oxygen atoms in total. The van der Waals surface area contributed by atoms with Gasteiger partial charge >= 0.3 is 0 Å². The molecule has 1 aliphatic heterocycles. The highest BCUT2D eigenvalue weighted by molar-refractivity contribution is 8.14. The first-order chi connectivity index (χ1) is 14.5. The van der Waals surface area contributed by atoms with Gasteiger partial charge in [0.25, 0.3) is 0 Å². The third kappa shape index (κ3) is 3.89. The highest BCUT2D eigenvalue weighted by atomic mass is 32.2. The zero-order valence-electron chi connectivity index (χ0n) is 17.1. The molecule has 30 heavy (non-hydrogen) atoms. The van der Waals surface area contributed by atoms with E-state index in [1.54, 1.807) is 18.8 Å². The Balaban J connectivity index is 1.66. The number of benzene rings is 1. The van der Waals surface area contributed by atoms with E-state index in [1.165, 1.54) is 11.9 Å². The van der Waals surface area contributed by atoms with E-state index in [0.29, 0.717) is 43.3 Å². The lowest BCUT2D eigenvalue weighted by atomic mass is 10.0. The van der Waals surface area contributed by atoms with Crippen molar-refractivity contribution in [3.05, 3.63) is 35.2 Å². The third-order valence-electron chi connectivity index (χ3n) is 5.40. The van der Waals surface area contributed by atoms with Crippen molar-refractivity contribution in [2.45, 2.75) is 37.5 Å². The number of nitrogens with zero attached hydrogens (tertiary/aromatic N) is 4. The normalized spacial score (nSPS) is 14.9. The number of fused-ring (bicyclic) bond motifs is 2. The van der Waals surface area contributed by atoms with Crippen molar-refractivity contribution in [2.75, 3.05) is 30.8 Å². The van der Waals surface area contributed by atoms with Crippen LogP contribution >= 0.6 is 11.8 Å². The Morgan fingerprint density at radius 3 is 2.90 bits per heavy atom. The summed E-state index contributed by atoms with van der Waals surface area (Å²) in [5.41, 5.74) is 9.77. The lowest BCUT2D eigenvalue weighted by Gasteiger charge is -2.29. The number of aromatic nitrogens is 2. The van der Waals surface area contributed by atoms with E-state index in [-0.39, 0.29) is 11.7 Å². The second-order valence-corrected chi connectivity index (χ2v) is 8.39. The molecule has 0 unspecified atom stereocenters. The summed E-state index contributed by atoms with van der Waals surface area (Å²) in [6.07, 6.45) is 4.03. The number of hydrogen-bond donors (Lipinski definition) is 2. The molecule has 0 bridgehead atoms. The van der Waals surface area contributed by atoms with Gasteiger partial charge in [0, 0.05) is 36.9 Å². The van der Waals surface area contributed by atoms with Gasteiger partial charge in [-0.05, 0) is 30.0 Å². The van der Waals surface area contributed by atoms with Gasteiger partial charge in [-0.2, -0.15) is 0 Å². The van der Waals surface area contributed by atoms with E-state index in [2.05, 4.69) is 28.3 Å². The van der Waals surface area contributed by atoms with Gasteiger partial charge in [0.15, 0.2) is 17.4 Å². The minimum atomic E-state index is -0.0410. The van der Waals surface area contributed by atoms with Crippen LogP contribution in [-0.2, 0) is 17.6 Å². The molecule has 156 valence electrons. The van der Waals surface area contributed by atoms with Gasteiger partial charge in [-0.15, -0.1) is 0 Å². The molecule has 2 aromatic rings. The second-order valence-electron chi connectivity index (χ2n) is 7.28. The van der Waals surface area contributed by atoms with Crippen LogP contribution in [0.1, 0.15) is 41.3 Å². The first kappa shape index (κ1) is 20.3. The monoisotopic (exact) mass is 424 g/mol. The number of aryl methyl sites for hydroxylation is 2. The maximum absolute atomic E-state index is 12.2. The van der Waals surface area contributed by atoms with Crippen LogP contribution in [0.25, 0.3) is 0 Å². The first-order valence-corrected chi connectivity index (χ1v) is 10.8. The van der Waals surface area contributed by atoms with Gasteiger partial charge in [-0.25, -0.2) is 15.0 Å². The molecule has 1 amide bonds. The number of hydrogen-bond acceptors (Lipinski definition) is 8. The number of carbonyl (C=O) groups excluding carboxylic acids is 2. The van der Waals surface area contributed by atoms with Crippen molar-refractivity contribution in [2.24, 2.45) is 4.99 Å². The summed E-state index contributed by atoms with van der Waals surface area (Å²) in [7, 11) is 1.62. The molecule has 0 fully saturated rings. The van der Waals surface area contributed by atoms with Crippen molar-refractivity contribution in [1.82, 2.24) is 15.3 Å². The highest BCUT2D eigenvalue weighted by Gasteiger charge is 2.26. The SMILES string of the molecule is CCc1cc2c(cc1SC1=Nc3c(N)ncnc3N(CCC(=O)NC)C1)C(=O)CC2. The standard InChI is InChI=1S/C21H24N6O2S/c1-3-12-8-13-4-5-15(28)14(13)9-16(12)30-18-10-27(7-6-17(29)23-2)21-19(26-18)20(22)24-11-25-21/h8-9,11H,3-7,10H2,1-2H3,(H,23,29)(H2,22,24,25). The maximum Gasteiger partial charge on any atom is 0.221 e. The van der Waals surface area contributed by atoms with Crippen LogP contribution < -0.4 is 16.0 Å². The Hall–Kier alpha value is -2.94. The van der Waals surface area contributed by atoms with E-state index >= 15 is 0 Å². The van der Waals surface area contributed by atoms with E-state index in [1.807, 2.05) is 11.0 Å². The summed E-state index contributed by atoms with van der Waals surface area (Å²) >= 11 is 1.54. The number of anilines is 2. The van der Waals surface area contributed by atoms with E-state index in [4.69, 9.17) is 10.7 Å². The summed E-state index contributed by atoms with van der Waals surface area (Å²) in [6, 6.07) is 4.16. The summed E-state index contributed by atoms with van der Waals surface area (Å²) in [5.74, 6) is 1.11. The van der Waals surface area contributed by atoms with Crippen LogP contribution in [0.5, 0.6) is 0 Å². The van der Waals surface area contributed by atoms with Crippen LogP contribution in [0.4, 0.5) is 17.3 Å². The largest absolute Gasteiger partial charge is 0.382 e. The molecule has 0 saturated heterocycles. The van der Waals surface area contributed by atoms with Crippen LogP contribution in [-0.4, -0.2) is 46.8 Å². The quantitative estimate of drug-likeness (QED) is 0.758. The highest BCUT2D eigenvalue weighted by Crippen LogP contribution is 2.39. The first-order valence-electron chi connectivity index (χ1n) is 10.0. The van der Waals surface area contributed by atoms with Crippen molar-refractivity contribution in [3.8, 4) is 0 Å². The Kier molecular flexibility index (Phi) is 5.72. The van der Waals surface area contributed by atoms with Gasteiger partial charge < -0.3 is 16.0 Å². The zero-order valence-corrected chi connectivity index (χ0v) is 17.9. The molecule has 4 rings (SSSR count). The molecule has 1 aromatic heterocycles. The molecule has 2 aliphatic rings. The minimum absolute atomic E-state index is 0.0410. The van der Waals surface area contributed by atoms with Crippen molar-refractivity contribution in [1.29, 1.82) is 0 Å². The molecular weight excluding hydrogens is 400 g/mol. The molecule has 0 radical (unpaired) electrons. The number of rotatable bonds is 5. The Morgan fingerprint density at radius 1 is 1.30 bits per heavy atom. The van der Waals surface area contributed by atoms with Crippen LogP contribution in [0.15, 0.2) is 28.3 Å². The Labute approximate surface area is 179 Å². The Bertz CT molecular complexity index is 1050. The zero-order chi connectivity index (χ0) is 21.3. The topological polar surface area (TPSA) is 114 Å². The number of carbonyl (C=O) groups is 2. The average molecular weight is 425 g/mol. The molecule has 0 spiro atoms. The van der Waals surface area contributed by atoms with Gasteiger partial charge in [0.1, 0.15) is 12.0 Å². The summed E-state index contributed by atoms with van der Waals surface area (Å²) in [4.78, 5) is 40.2. The van der Waals surface area contributed by atoms with Gasteiger partial charge in [0.2, 0.25) is 5.91 Å². The lowest BCUT2D eigenvalue weighted by Crippen LogP contribution is -2.35. The molecule has 2 heterocycles. The molecule has 1 aliphatic carbocycles. The molecule has 0 atom stereocenters. The van der Waals surface area contributed by atoms with Crippen LogP contribution in [0.3, 0.4) is 0 Å². The Morgan fingerprint density at radius 2 is 2.13 bits per heavy atom. The fraction of sp³-hybridized carbons (Fsp3) is 0.381. The summed E-state index contributed by atoms with van der Waals surface area (Å²) in [5, 5.41) is 3.48. The van der Waals surface area contributed by atoms with Crippen molar-refractivity contribution >= 4 is 45.8 Å². The van der Waals surface area contributed by atoms with E-state index in [0.717, 1.165) is 33.9 Å². The number of nitrogen functional groups attached to an aromatic ring is 1. The smallest absolute Gasteiger partial charge is 0.221 e. The number of aliphatic imine (C=N–C) groups is 1. The number of ketones is 1. The second kappa shape index (κ2) is 8.43. The molecule has 3 N–H and O–H groups in total. The fourth-order valence-electron chi connectivity index (χ4n) is 3.74. The van der Waals surface area contributed by atoms with Crippen molar-refractivity contribution in [3.63, 3.8) is 0 Å². The predicted molar refractivity (Wildman–Crippen MR) is 119 cm³/mol. The lowest BCUT2D eigenvalue weighted by molar-refractivity contribution is -0.120. The maximum atomic E-state index is 12.2. The number of nitrogens with two attached hydrogens (primary N) is 1. The fourth-order valence-corrected chi connectivity index (χ4v) is 4.87. The van der Waals surface area contributed by atoms with E-state index in [9.17, 15) is 9.59 Å². The number of Topliss-reactive ketones (excluding diaryl/α,β-unsaturated/α-hetero) is 1. The van der Waals surface area contributed by atoms with Gasteiger partial charge in [-0.3, -0.25) is 9.59 Å². The third-order valence-corrected chi connectivity index (χ3v) is 6.45. The molecule has 0 saturated carbocycles. The minimum Gasteiger partial charge on any atom is -0.382 e. The predicted octanol–water partition coefficient (Wildman–Crippen LogP) is 2.53. The van der Waals surface area contributed by atoms with Gasteiger partial charge in [-0.1, -0.05) is 24.8 Å². The summed E-state index contributed by atoms with van der Waals surface area (Å²) in [6.45, 7) is 3.12. The van der Waals surface area contributed by atoms with Crippen LogP contribution in [0.2, 0.25) is 0 Å². The summed E-state index contributed by atoms with van der Waals surface area (Å²) < 4.78 is 0. The molecule has 1 aromatic carbocycles.